The van der Waals surface area contributed by atoms with Gasteiger partial charge < -0.3 is 10.1 Å². The Balaban J connectivity index is 2.22. The number of rotatable bonds is 4. The summed E-state index contributed by atoms with van der Waals surface area (Å²) in [4.78, 5) is 0. The van der Waals surface area contributed by atoms with Gasteiger partial charge >= 0.3 is 0 Å². The molecule has 0 saturated heterocycles. The molecule has 0 heterocycles. The van der Waals surface area contributed by atoms with E-state index < -0.39 is 0 Å². The summed E-state index contributed by atoms with van der Waals surface area (Å²) in [6.45, 7) is 5.14. The normalized spacial score (nSPS) is 23.3. The van der Waals surface area contributed by atoms with Gasteiger partial charge in [-0.2, -0.15) is 5.26 Å². The highest BCUT2D eigenvalue weighted by molar-refractivity contribution is 4.89. The summed E-state index contributed by atoms with van der Waals surface area (Å²) in [6.07, 6.45) is 5.09. The van der Waals surface area contributed by atoms with E-state index in [-0.39, 0.29) is 6.04 Å². The average molecular weight is 210 g/mol. The Bertz CT molecular complexity index is 222. The molecule has 15 heavy (non-hydrogen) atoms. The van der Waals surface area contributed by atoms with Crippen LogP contribution in [0.3, 0.4) is 0 Å². The van der Waals surface area contributed by atoms with E-state index in [9.17, 15) is 0 Å². The third-order valence-electron chi connectivity index (χ3n) is 3.29. The van der Waals surface area contributed by atoms with E-state index in [0.29, 0.717) is 18.1 Å². The van der Waals surface area contributed by atoms with Crippen LogP contribution in [0.5, 0.6) is 0 Å². The van der Waals surface area contributed by atoms with E-state index in [1.54, 1.807) is 7.05 Å². The van der Waals surface area contributed by atoms with E-state index in [4.69, 9.17) is 10.00 Å². The number of ether oxygens (including phenoxy) is 1. The van der Waals surface area contributed by atoms with Gasteiger partial charge in [-0.1, -0.05) is 13.8 Å². The molecule has 1 rings (SSSR count). The molecule has 1 aliphatic carbocycles. The molecule has 1 aliphatic rings. The molecule has 3 heteroatoms. The predicted octanol–water partition coefficient (Wildman–Crippen LogP) is 2.08. The predicted molar refractivity (Wildman–Crippen MR) is 60.4 cm³/mol. The van der Waals surface area contributed by atoms with E-state index in [1.807, 2.05) is 0 Å². The fraction of sp³-hybridized carbons (Fsp3) is 0.917. The molecule has 0 radical (unpaired) electrons. The maximum absolute atomic E-state index is 8.75. The zero-order valence-corrected chi connectivity index (χ0v) is 10.0. The minimum absolute atomic E-state index is 0.167. The molecular formula is C12H22N2O. The molecule has 0 spiro atoms. The van der Waals surface area contributed by atoms with Crippen molar-refractivity contribution in [2.75, 3.05) is 13.7 Å². The van der Waals surface area contributed by atoms with Crippen molar-refractivity contribution in [2.45, 2.75) is 51.7 Å². The topological polar surface area (TPSA) is 45.0 Å². The molecule has 0 aromatic rings. The van der Waals surface area contributed by atoms with Crippen LogP contribution >= 0.6 is 0 Å². The number of nitrogens with zero attached hydrogens (tertiary/aromatic N) is 1. The number of nitrogens with one attached hydrogen (secondary N) is 1. The zero-order valence-electron chi connectivity index (χ0n) is 10.0. The van der Waals surface area contributed by atoms with Gasteiger partial charge in [-0.15, -0.1) is 0 Å². The van der Waals surface area contributed by atoms with Crippen molar-refractivity contribution < 1.29 is 4.74 Å². The van der Waals surface area contributed by atoms with Gasteiger partial charge in [-0.3, -0.25) is 0 Å². The Morgan fingerprint density at radius 3 is 2.53 bits per heavy atom. The van der Waals surface area contributed by atoms with E-state index >= 15 is 0 Å². The molecule has 0 aliphatic heterocycles. The van der Waals surface area contributed by atoms with Crippen LogP contribution in [0, 0.1) is 16.7 Å². The molecule has 1 atom stereocenters. The van der Waals surface area contributed by atoms with Gasteiger partial charge in [0.05, 0.1) is 18.8 Å². The summed E-state index contributed by atoms with van der Waals surface area (Å²) in [5, 5.41) is 11.7. The fourth-order valence-electron chi connectivity index (χ4n) is 1.96. The van der Waals surface area contributed by atoms with Crippen molar-refractivity contribution in [1.82, 2.24) is 5.32 Å². The fourth-order valence-corrected chi connectivity index (χ4v) is 1.96. The molecule has 1 saturated carbocycles. The molecule has 0 aromatic carbocycles. The molecule has 0 amide bonds. The van der Waals surface area contributed by atoms with E-state index in [0.717, 1.165) is 12.8 Å². The number of hydrogen-bond donors (Lipinski definition) is 1. The molecule has 1 unspecified atom stereocenters. The molecular weight excluding hydrogens is 188 g/mol. The lowest BCUT2D eigenvalue weighted by Crippen LogP contribution is -2.33. The maximum Gasteiger partial charge on any atom is 0.119 e. The second kappa shape index (κ2) is 5.48. The van der Waals surface area contributed by atoms with Gasteiger partial charge in [0.25, 0.3) is 0 Å². The highest BCUT2D eigenvalue weighted by atomic mass is 16.5. The molecule has 3 nitrogen and oxygen atoms in total. The Labute approximate surface area is 92.8 Å². The third-order valence-corrected chi connectivity index (χ3v) is 3.29. The van der Waals surface area contributed by atoms with Crippen LogP contribution in [0.4, 0.5) is 0 Å². The van der Waals surface area contributed by atoms with Crippen molar-refractivity contribution >= 4 is 0 Å². The molecule has 1 fully saturated rings. The summed E-state index contributed by atoms with van der Waals surface area (Å²) in [5.74, 6) is 0. The summed E-state index contributed by atoms with van der Waals surface area (Å²) >= 11 is 0. The van der Waals surface area contributed by atoms with Gasteiger partial charge in [-0.25, -0.2) is 0 Å². The highest BCUT2D eigenvalue weighted by Crippen LogP contribution is 2.36. The Hall–Kier alpha value is -0.590. The van der Waals surface area contributed by atoms with E-state index in [1.165, 1.54) is 12.8 Å². The van der Waals surface area contributed by atoms with Crippen molar-refractivity contribution in [3.05, 3.63) is 0 Å². The largest absolute Gasteiger partial charge is 0.375 e. The third kappa shape index (κ3) is 4.19. The summed E-state index contributed by atoms with van der Waals surface area (Å²) < 4.78 is 5.74. The highest BCUT2D eigenvalue weighted by Gasteiger charge is 2.27. The van der Waals surface area contributed by atoms with Gasteiger partial charge in [0.2, 0.25) is 0 Å². The Morgan fingerprint density at radius 1 is 1.47 bits per heavy atom. The Morgan fingerprint density at radius 2 is 2.07 bits per heavy atom. The van der Waals surface area contributed by atoms with Crippen LogP contribution in [-0.4, -0.2) is 25.8 Å². The second-order valence-electron chi connectivity index (χ2n) is 5.17. The van der Waals surface area contributed by atoms with Crippen LogP contribution in [0.15, 0.2) is 0 Å². The summed E-state index contributed by atoms with van der Waals surface area (Å²) in [7, 11) is 1.79. The molecule has 1 N–H and O–H groups in total. The summed E-state index contributed by atoms with van der Waals surface area (Å²) in [6, 6.07) is 2.00. The van der Waals surface area contributed by atoms with Crippen molar-refractivity contribution in [3.63, 3.8) is 0 Å². The first-order chi connectivity index (χ1) is 7.07. The SMILES string of the molecule is CNC(C#N)COC1CCC(C)(C)CC1. The smallest absolute Gasteiger partial charge is 0.119 e. The average Bonchev–Trinajstić information content (AvgIpc) is 2.21. The standard InChI is InChI=1S/C12H22N2O/c1-12(2)6-4-11(5-7-12)15-9-10(8-13)14-3/h10-11,14H,4-7,9H2,1-3H3. The molecule has 0 aromatic heterocycles. The van der Waals surface area contributed by atoms with Gasteiger partial charge in [0.1, 0.15) is 6.04 Å². The Kier molecular flexibility index (Phi) is 4.56. The van der Waals surface area contributed by atoms with Gasteiger partial charge in [0, 0.05) is 0 Å². The van der Waals surface area contributed by atoms with Gasteiger partial charge in [-0.05, 0) is 38.1 Å². The van der Waals surface area contributed by atoms with Crippen LogP contribution < -0.4 is 5.32 Å². The minimum atomic E-state index is -0.167. The van der Waals surface area contributed by atoms with Crippen molar-refractivity contribution in [2.24, 2.45) is 5.41 Å². The van der Waals surface area contributed by atoms with Crippen molar-refractivity contribution in [3.8, 4) is 6.07 Å². The minimum Gasteiger partial charge on any atom is -0.375 e. The van der Waals surface area contributed by atoms with Crippen molar-refractivity contribution in [1.29, 1.82) is 5.26 Å². The number of likely N-dealkylation sites (N-methyl/N-ethyl adjacent to an activating group) is 1. The number of hydrogen-bond acceptors (Lipinski definition) is 3. The number of nitriles is 1. The second-order valence-corrected chi connectivity index (χ2v) is 5.17. The van der Waals surface area contributed by atoms with Crippen LogP contribution in [0.25, 0.3) is 0 Å². The molecule has 0 bridgehead atoms. The van der Waals surface area contributed by atoms with Crippen LogP contribution in [-0.2, 0) is 4.74 Å². The van der Waals surface area contributed by atoms with Crippen LogP contribution in [0.1, 0.15) is 39.5 Å². The monoisotopic (exact) mass is 210 g/mol. The lowest BCUT2D eigenvalue weighted by molar-refractivity contribution is 0.000530. The molecule has 86 valence electrons. The lowest BCUT2D eigenvalue weighted by atomic mass is 9.76. The van der Waals surface area contributed by atoms with E-state index in [2.05, 4.69) is 25.2 Å². The lowest BCUT2D eigenvalue weighted by Gasteiger charge is -2.34. The zero-order chi connectivity index (χ0) is 11.3. The first-order valence-corrected chi connectivity index (χ1v) is 5.76. The first-order valence-electron chi connectivity index (χ1n) is 5.76. The quantitative estimate of drug-likeness (QED) is 0.772. The maximum atomic E-state index is 8.75. The van der Waals surface area contributed by atoms with Crippen LogP contribution in [0.2, 0.25) is 0 Å². The first kappa shape index (κ1) is 12.5. The van der Waals surface area contributed by atoms with Gasteiger partial charge in [0.15, 0.2) is 0 Å². The summed E-state index contributed by atoms with van der Waals surface area (Å²) in [5.41, 5.74) is 0.484.